The molecule has 2 aliphatic rings. The first kappa shape index (κ1) is 20.0. The first-order valence-corrected chi connectivity index (χ1v) is 9.97. The standard InChI is InChI=1S/C19H20ClF2N5OS/c1-25-9-11(7-23-25)24-16(28)6-14-15-5-10(8-27(15)19(29)26(14)2)17-13(21)4-3-12(20)18(17)22/h3-4,7,9-10,19,29H,5-6,8H2,1-2H3,(H,24,28)/t10-,19?/m1/s1. The van der Waals surface area contributed by atoms with E-state index >= 15 is 0 Å². The number of hydrogen-bond acceptors (Lipinski definition) is 5. The van der Waals surface area contributed by atoms with Gasteiger partial charge in [-0.3, -0.25) is 9.48 Å². The zero-order chi connectivity index (χ0) is 20.9. The Kier molecular flexibility index (Phi) is 5.20. The van der Waals surface area contributed by atoms with Gasteiger partial charge in [-0.15, -0.1) is 12.6 Å². The van der Waals surface area contributed by atoms with Crippen LogP contribution >= 0.6 is 24.2 Å². The molecule has 10 heteroatoms. The molecule has 154 valence electrons. The van der Waals surface area contributed by atoms with Gasteiger partial charge < -0.3 is 15.1 Å². The predicted octanol–water partition coefficient (Wildman–Crippen LogP) is 3.54. The molecule has 2 aliphatic heterocycles. The van der Waals surface area contributed by atoms with Gasteiger partial charge in [0.25, 0.3) is 0 Å². The minimum atomic E-state index is -0.724. The normalized spacial score (nSPS) is 21.2. The number of carbonyl (C=O) groups is 1. The third kappa shape index (κ3) is 3.57. The fourth-order valence-corrected chi connectivity index (χ4v) is 4.55. The zero-order valence-electron chi connectivity index (χ0n) is 15.9. The summed E-state index contributed by atoms with van der Waals surface area (Å²) in [5, 5.41) is 6.74. The number of nitrogens with one attached hydrogen (secondary N) is 1. The second-order valence-electron chi connectivity index (χ2n) is 7.29. The van der Waals surface area contributed by atoms with Crippen LogP contribution in [-0.4, -0.2) is 44.6 Å². The Bertz CT molecular complexity index is 1010. The number of amides is 1. The van der Waals surface area contributed by atoms with Crippen molar-refractivity contribution in [2.45, 2.75) is 24.3 Å². The molecule has 0 bridgehead atoms. The van der Waals surface area contributed by atoms with Gasteiger partial charge in [0.05, 0.1) is 23.3 Å². The molecule has 0 aliphatic carbocycles. The number of thiol groups is 1. The molecule has 0 spiro atoms. The number of allylic oxidation sites excluding steroid dienone is 1. The molecule has 0 radical (unpaired) electrons. The van der Waals surface area contributed by atoms with Crippen LogP contribution in [0, 0.1) is 11.6 Å². The highest BCUT2D eigenvalue weighted by Crippen LogP contribution is 2.45. The first-order chi connectivity index (χ1) is 13.8. The lowest BCUT2D eigenvalue weighted by molar-refractivity contribution is -0.115. The Hall–Kier alpha value is -2.26. The molecular formula is C19H20ClF2N5OS. The molecule has 2 atom stereocenters. The molecule has 1 fully saturated rings. The zero-order valence-corrected chi connectivity index (χ0v) is 17.5. The number of fused-ring (bicyclic) bond motifs is 1. The summed E-state index contributed by atoms with van der Waals surface area (Å²) < 4.78 is 30.5. The summed E-state index contributed by atoms with van der Waals surface area (Å²) in [6.07, 6.45) is 3.81. The van der Waals surface area contributed by atoms with Crippen molar-refractivity contribution in [1.29, 1.82) is 0 Å². The van der Waals surface area contributed by atoms with E-state index in [4.69, 9.17) is 11.6 Å². The molecule has 1 saturated heterocycles. The van der Waals surface area contributed by atoms with E-state index in [-0.39, 0.29) is 28.4 Å². The number of rotatable bonds is 4. The molecule has 29 heavy (non-hydrogen) atoms. The number of aryl methyl sites for hydroxylation is 1. The van der Waals surface area contributed by atoms with Crippen LogP contribution in [0.5, 0.6) is 0 Å². The largest absolute Gasteiger partial charge is 0.347 e. The monoisotopic (exact) mass is 439 g/mol. The second-order valence-corrected chi connectivity index (χ2v) is 8.16. The second kappa shape index (κ2) is 7.53. The van der Waals surface area contributed by atoms with Gasteiger partial charge in [0.15, 0.2) is 0 Å². The number of hydrogen-bond donors (Lipinski definition) is 2. The van der Waals surface area contributed by atoms with E-state index < -0.39 is 17.6 Å². The van der Waals surface area contributed by atoms with Crippen molar-refractivity contribution in [2.24, 2.45) is 7.05 Å². The van der Waals surface area contributed by atoms with E-state index in [1.807, 2.05) is 16.8 Å². The summed E-state index contributed by atoms with van der Waals surface area (Å²) in [5.74, 6) is -1.93. The molecule has 3 heterocycles. The van der Waals surface area contributed by atoms with Crippen molar-refractivity contribution in [3.8, 4) is 0 Å². The van der Waals surface area contributed by atoms with Crippen LogP contribution in [0.25, 0.3) is 0 Å². The van der Waals surface area contributed by atoms with Crippen LogP contribution in [0.1, 0.15) is 24.3 Å². The molecule has 6 nitrogen and oxygen atoms in total. The number of benzene rings is 1. The van der Waals surface area contributed by atoms with Gasteiger partial charge in [0.2, 0.25) is 5.91 Å². The Morgan fingerprint density at radius 2 is 2.14 bits per heavy atom. The number of carbonyl (C=O) groups excluding carboxylic acids is 1. The molecule has 1 unspecified atom stereocenters. The summed E-state index contributed by atoms with van der Waals surface area (Å²) in [7, 11) is 3.62. The van der Waals surface area contributed by atoms with Crippen LogP contribution in [0.3, 0.4) is 0 Å². The number of aromatic nitrogens is 2. The minimum absolute atomic E-state index is 0.0123. The molecule has 1 amide bonds. The van der Waals surface area contributed by atoms with Crippen molar-refractivity contribution >= 4 is 35.8 Å². The molecule has 0 saturated carbocycles. The van der Waals surface area contributed by atoms with Crippen molar-refractivity contribution < 1.29 is 13.6 Å². The molecule has 2 aromatic rings. The van der Waals surface area contributed by atoms with Crippen molar-refractivity contribution in [1.82, 2.24) is 19.6 Å². The number of halogens is 3. The van der Waals surface area contributed by atoms with E-state index in [9.17, 15) is 13.6 Å². The van der Waals surface area contributed by atoms with Crippen molar-refractivity contribution in [2.75, 3.05) is 18.9 Å². The fraction of sp³-hybridized carbons (Fsp3) is 0.368. The summed E-state index contributed by atoms with van der Waals surface area (Å²) in [6, 6.07) is 2.40. The van der Waals surface area contributed by atoms with Gasteiger partial charge in [-0.1, -0.05) is 11.6 Å². The average molecular weight is 440 g/mol. The summed E-state index contributed by atoms with van der Waals surface area (Å²) >= 11 is 10.5. The van der Waals surface area contributed by atoms with Gasteiger partial charge in [0, 0.05) is 49.7 Å². The molecule has 1 N–H and O–H groups in total. The van der Waals surface area contributed by atoms with E-state index in [0.29, 0.717) is 18.7 Å². The quantitative estimate of drug-likeness (QED) is 0.565. The first-order valence-electron chi connectivity index (χ1n) is 9.07. The van der Waals surface area contributed by atoms with Crippen molar-refractivity contribution in [3.05, 3.63) is 58.1 Å². The lowest BCUT2D eigenvalue weighted by atomic mass is 9.95. The van der Waals surface area contributed by atoms with E-state index in [1.54, 1.807) is 24.1 Å². The van der Waals surface area contributed by atoms with Crippen LogP contribution < -0.4 is 5.32 Å². The Balaban J connectivity index is 1.58. The van der Waals surface area contributed by atoms with Gasteiger partial charge in [-0.25, -0.2) is 8.78 Å². The molecule has 1 aromatic carbocycles. The highest BCUT2D eigenvalue weighted by Gasteiger charge is 2.42. The van der Waals surface area contributed by atoms with E-state index in [0.717, 1.165) is 11.4 Å². The summed E-state index contributed by atoms with van der Waals surface area (Å²) in [6.45, 7) is 0.399. The highest BCUT2D eigenvalue weighted by atomic mass is 35.5. The van der Waals surface area contributed by atoms with Gasteiger partial charge in [-0.05, 0) is 18.6 Å². The number of nitrogens with zero attached hydrogens (tertiary/aromatic N) is 4. The third-order valence-corrected chi connectivity index (χ3v) is 6.31. The van der Waals surface area contributed by atoms with Gasteiger partial charge in [-0.2, -0.15) is 5.10 Å². The lowest BCUT2D eigenvalue weighted by Crippen LogP contribution is -2.34. The molecular weight excluding hydrogens is 420 g/mol. The minimum Gasteiger partial charge on any atom is -0.347 e. The summed E-state index contributed by atoms with van der Waals surface area (Å²) in [4.78, 5) is 16.4. The third-order valence-electron chi connectivity index (χ3n) is 5.39. The van der Waals surface area contributed by atoms with Crippen LogP contribution in [0.2, 0.25) is 5.02 Å². The number of anilines is 1. The Labute approximate surface area is 177 Å². The maximum Gasteiger partial charge on any atom is 0.230 e. The van der Waals surface area contributed by atoms with Crippen molar-refractivity contribution in [3.63, 3.8) is 0 Å². The fourth-order valence-electron chi connectivity index (χ4n) is 4.01. The maximum absolute atomic E-state index is 14.5. The van der Waals surface area contributed by atoms with Crippen LogP contribution in [0.4, 0.5) is 14.5 Å². The summed E-state index contributed by atoms with van der Waals surface area (Å²) in [5.41, 5.74) is 1.95. The molecule has 1 aromatic heterocycles. The Morgan fingerprint density at radius 3 is 2.83 bits per heavy atom. The maximum atomic E-state index is 14.5. The highest BCUT2D eigenvalue weighted by molar-refractivity contribution is 7.80. The smallest absolute Gasteiger partial charge is 0.230 e. The van der Waals surface area contributed by atoms with E-state index in [1.165, 1.54) is 12.1 Å². The van der Waals surface area contributed by atoms with Gasteiger partial charge in [0.1, 0.15) is 17.1 Å². The van der Waals surface area contributed by atoms with Gasteiger partial charge >= 0.3 is 0 Å². The predicted molar refractivity (Wildman–Crippen MR) is 109 cm³/mol. The van der Waals surface area contributed by atoms with E-state index in [2.05, 4.69) is 23.0 Å². The van der Waals surface area contributed by atoms with Crippen LogP contribution in [-0.2, 0) is 11.8 Å². The van der Waals surface area contributed by atoms with Crippen LogP contribution in [0.15, 0.2) is 35.9 Å². The average Bonchev–Trinajstić information content (AvgIpc) is 3.33. The lowest BCUT2D eigenvalue weighted by Gasteiger charge is -2.27. The molecule has 4 rings (SSSR count). The Morgan fingerprint density at radius 1 is 1.38 bits per heavy atom. The SMILES string of the molecule is CN1C(CC(=O)Nc2cnn(C)c2)=C2C[C@@H](c3c(F)ccc(Cl)c3F)CN2C1S. The topological polar surface area (TPSA) is 53.4 Å².